The van der Waals surface area contributed by atoms with Crippen LogP contribution in [0.2, 0.25) is 0 Å². The van der Waals surface area contributed by atoms with Gasteiger partial charge in [-0.25, -0.2) is 4.39 Å². The molecule has 82 valence electrons. The molecular weight excluding hydrogens is 187 g/mol. The SMILES string of the molecule is C=C(C)c1cc(CC(C)CC)ccc1F. The second kappa shape index (κ2) is 5.11. The van der Waals surface area contributed by atoms with Gasteiger partial charge in [-0.05, 0) is 42.5 Å². The molecule has 1 rings (SSSR count). The molecule has 0 aliphatic rings. The quantitative estimate of drug-likeness (QED) is 0.683. The van der Waals surface area contributed by atoms with E-state index in [1.54, 1.807) is 6.07 Å². The maximum Gasteiger partial charge on any atom is 0.130 e. The lowest BCUT2D eigenvalue weighted by molar-refractivity contribution is 0.558. The summed E-state index contributed by atoms with van der Waals surface area (Å²) in [4.78, 5) is 0. The van der Waals surface area contributed by atoms with Crippen molar-refractivity contribution >= 4 is 5.57 Å². The zero-order chi connectivity index (χ0) is 11.4. The number of rotatable bonds is 4. The van der Waals surface area contributed by atoms with Gasteiger partial charge in [-0.2, -0.15) is 0 Å². The van der Waals surface area contributed by atoms with Crippen LogP contribution in [0, 0.1) is 11.7 Å². The second-order valence-corrected chi connectivity index (χ2v) is 4.31. The predicted octanol–water partition coefficient (Wildman–Crippen LogP) is 4.45. The molecule has 1 heteroatoms. The molecule has 0 saturated carbocycles. The average Bonchev–Trinajstić information content (AvgIpc) is 2.20. The van der Waals surface area contributed by atoms with Crippen LogP contribution in [0.5, 0.6) is 0 Å². The molecule has 1 atom stereocenters. The van der Waals surface area contributed by atoms with Crippen molar-refractivity contribution in [3.8, 4) is 0 Å². The minimum absolute atomic E-state index is 0.171. The van der Waals surface area contributed by atoms with Gasteiger partial charge in [-0.3, -0.25) is 0 Å². The smallest absolute Gasteiger partial charge is 0.130 e. The molecule has 0 amide bonds. The van der Waals surface area contributed by atoms with Gasteiger partial charge in [0.2, 0.25) is 0 Å². The maximum atomic E-state index is 13.4. The summed E-state index contributed by atoms with van der Waals surface area (Å²) in [5.74, 6) is 0.476. The van der Waals surface area contributed by atoms with E-state index in [1.807, 2.05) is 19.1 Å². The Balaban J connectivity index is 2.92. The van der Waals surface area contributed by atoms with E-state index in [1.165, 1.54) is 5.56 Å². The molecule has 15 heavy (non-hydrogen) atoms. The number of allylic oxidation sites excluding steroid dienone is 1. The summed E-state index contributed by atoms with van der Waals surface area (Å²) in [6.45, 7) is 10.0. The molecule has 0 N–H and O–H groups in total. The van der Waals surface area contributed by atoms with Crippen LogP contribution in [0.15, 0.2) is 24.8 Å². The van der Waals surface area contributed by atoms with Gasteiger partial charge in [-0.15, -0.1) is 0 Å². The number of benzene rings is 1. The highest BCUT2D eigenvalue weighted by Crippen LogP contribution is 2.20. The lowest BCUT2D eigenvalue weighted by atomic mass is 9.96. The van der Waals surface area contributed by atoms with Gasteiger partial charge in [0.05, 0.1) is 0 Å². The summed E-state index contributed by atoms with van der Waals surface area (Å²) >= 11 is 0. The zero-order valence-corrected chi connectivity index (χ0v) is 9.81. The molecule has 0 heterocycles. The topological polar surface area (TPSA) is 0 Å². The van der Waals surface area contributed by atoms with Crippen LogP contribution in [-0.2, 0) is 6.42 Å². The standard InChI is InChI=1S/C14H19F/c1-5-11(4)8-12-6-7-14(15)13(9-12)10(2)3/h6-7,9,11H,2,5,8H2,1,3-4H3. The van der Waals surface area contributed by atoms with E-state index in [4.69, 9.17) is 0 Å². The third kappa shape index (κ3) is 3.19. The van der Waals surface area contributed by atoms with E-state index >= 15 is 0 Å². The van der Waals surface area contributed by atoms with Crippen LogP contribution < -0.4 is 0 Å². The first-order valence-electron chi connectivity index (χ1n) is 5.49. The third-order valence-corrected chi connectivity index (χ3v) is 2.77. The maximum absolute atomic E-state index is 13.4. The normalized spacial score (nSPS) is 12.5. The molecule has 0 saturated heterocycles. The van der Waals surface area contributed by atoms with Crippen molar-refractivity contribution in [1.82, 2.24) is 0 Å². The monoisotopic (exact) mass is 206 g/mol. The minimum Gasteiger partial charge on any atom is -0.206 e. The first-order valence-corrected chi connectivity index (χ1v) is 5.49. The molecule has 0 fully saturated rings. The Morgan fingerprint density at radius 1 is 1.47 bits per heavy atom. The third-order valence-electron chi connectivity index (χ3n) is 2.77. The Bertz CT molecular complexity index is 352. The van der Waals surface area contributed by atoms with Gasteiger partial charge < -0.3 is 0 Å². The largest absolute Gasteiger partial charge is 0.206 e. The van der Waals surface area contributed by atoms with Crippen LogP contribution in [-0.4, -0.2) is 0 Å². The highest BCUT2D eigenvalue weighted by atomic mass is 19.1. The first kappa shape index (κ1) is 12.0. The van der Waals surface area contributed by atoms with E-state index in [-0.39, 0.29) is 5.82 Å². The van der Waals surface area contributed by atoms with Gasteiger partial charge >= 0.3 is 0 Å². The lowest BCUT2D eigenvalue weighted by Crippen LogP contribution is -1.99. The van der Waals surface area contributed by atoms with E-state index in [9.17, 15) is 4.39 Å². The molecule has 1 unspecified atom stereocenters. The van der Waals surface area contributed by atoms with E-state index < -0.39 is 0 Å². The Kier molecular flexibility index (Phi) is 4.07. The summed E-state index contributed by atoms with van der Waals surface area (Å²) < 4.78 is 13.4. The molecule has 0 bridgehead atoms. The fraction of sp³-hybridized carbons (Fsp3) is 0.429. The molecule has 0 radical (unpaired) electrons. The van der Waals surface area contributed by atoms with Gasteiger partial charge in [0.15, 0.2) is 0 Å². The summed E-state index contributed by atoms with van der Waals surface area (Å²) in [5, 5.41) is 0. The van der Waals surface area contributed by atoms with Crippen molar-refractivity contribution < 1.29 is 4.39 Å². The molecule has 0 aliphatic heterocycles. The number of hydrogen-bond acceptors (Lipinski definition) is 0. The fourth-order valence-corrected chi connectivity index (χ4v) is 1.57. The van der Waals surface area contributed by atoms with Crippen molar-refractivity contribution in [2.45, 2.75) is 33.6 Å². The summed E-state index contributed by atoms with van der Waals surface area (Å²) in [6.07, 6.45) is 2.16. The van der Waals surface area contributed by atoms with Gasteiger partial charge in [-0.1, -0.05) is 32.9 Å². The first-order chi connectivity index (χ1) is 7.04. The Morgan fingerprint density at radius 3 is 2.67 bits per heavy atom. The summed E-state index contributed by atoms with van der Waals surface area (Å²) in [7, 11) is 0. The van der Waals surface area contributed by atoms with Gasteiger partial charge in [0.1, 0.15) is 5.82 Å². The van der Waals surface area contributed by atoms with Crippen molar-refractivity contribution in [3.05, 3.63) is 41.7 Å². The van der Waals surface area contributed by atoms with Crippen LogP contribution in [0.3, 0.4) is 0 Å². The molecule has 0 aliphatic carbocycles. The summed E-state index contributed by atoms with van der Waals surface area (Å²) in [6, 6.07) is 5.33. The van der Waals surface area contributed by atoms with Crippen molar-refractivity contribution in [2.75, 3.05) is 0 Å². The number of halogens is 1. The zero-order valence-electron chi connectivity index (χ0n) is 9.81. The minimum atomic E-state index is -0.171. The van der Waals surface area contributed by atoms with Crippen LogP contribution in [0.4, 0.5) is 4.39 Å². The van der Waals surface area contributed by atoms with E-state index in [0.717, 1.165) is 18.4 Å². The Labute approximate surface area is 91.8 Å². The second-order valence-electron chi connectivity index (χ2n) is 4.31. The van der Waals surface area contributed by atoms with E-state index in [2.05, 4.69) is 20.4 Å². The van der Waals surface area contributed by atoms with Crippen LogP contribution in [0.1, 0.15) is 38.3 Å². The predicted molar refractivity (Wildman–Crippen MR) is 64.3 cm³/mol. The molecule has 1 aromatic carbocycles. The van der Waals surface area contributed by atoms with Crippen molar-refractivity contribution in [3.63, 3.8) is 0 Å². The highest BCUT2D eigenvalue weighted by molar-refractivity contribution is 5.62. The van der Waals surface area contributed by atoms with E-state index in [0.29, 0.717) is 11.5 Å². The van der Waals surface area contributed by atoms with Crippen molar-refractivity contribution in [1.29, 1.82) is 0 Å². The molecule has 0 nitrogen and oxygen atoms in total. The molecule has 1 aromatic rings. The fourth-order valence-electron chi connectivity index (χ4n) is 1.57. The van der Waals surface area contributed by atoms with Crippen molar-refractivity contribution in [2.24, 2.45) is 5.92 Å². The highest BCUT2D eigenvalue weighted by Gasteiger charge is 2.06. The van der Waals surface area contributed by atoms with Gasteiger partial charge in [0, 0.05) is 5.56 Å². The molecular formula is C14H19F. The van der Waals surface area contributed by atoms with Crippen LogP contribution in [0.25, 0.3) is 5.57 Å². The molecule has 0 spiro atoms. The molecule has 0 aromatic heterocycles. The van der Waals surface area contributed by atoms with Gasteiger partial charge in [0.25, 0.3) is 0 Å². The Morgan fingerprint density at radius 2 is 2.13 bits per heavy atom. The summed E-state index contributed by atoms with van der Waals surface area (Å²) in [5.41, 5.74) is 2.64. The Hall–Kier alpha value is -1.11. The van der Waals surface area contributed by atoms with Crippen LogP contribution >= 0.6 is 0 Å². The number of hydrogen-bond donors (Lipinski definition) is 0. The lowest BCUT2D eigenvalue weighted by Gasteiger charge is -2.10. The average molecular weight is 206 g/mol.